The number of nitrogens with two attached hydrogens (primary N) is 1. The first-order valence-corrected chi connectivity index (χ1v) is 7.84. The van der Waals surface area contributed by atoms with Crippen LogP contribution in [0.2, 0.25) is 0 Å². The van der Waals surface area contributed by atoms with Crippen LogP contribution in [0.1, 0.15) is 46.5 Å². The molecular weight excluding hydrogens is 254 g/mol. The first kappa shape index (κ1) is 15.6. The summed E-state index contributed by atoms with van der Waals surface area (Å²) in [5.41, 5.74) is 5.25. The number of nitrogens with zero attached hydrogens (tertiary/aromatic N) is 2. The van der Waals surface area contributed by atoms with Gasteiger partial charge in [-0.15, -0.1) is 0 Å². The van der Waals surface area contributed by atoms with Crippen molar-refractivity contribution in [3.8, 4) is 0 Å². The molecule has 0 spiro atoms. The zero-order valence-corrected chi connectivity index (χ0v) is 13.1. The van der Waals surface area contributed by atoms with Crippen LogP contribution < -0.4 is 5.73 Å². The minimum Gasteiger partial charge on any atom is -0.444 e. The summed E-state index contributed by atoms with van der Waals surface area (Å²) in [5, 5.41) is 0. The summed E-state index contributed by atoms with van der Waals surface area (Å²) in [6.45, 7) is 9.28. The number of amides is 1. The Kier molecular flexibility index (Phi) is 4.91. The Morgan fingerprint density at radius 2 is 2.05 bits per heavy atom. The summed E-state index contributed by atoms with van der Waals surface area (Å²) in [4.78, 5) is 16.7. The lowest BCUT2D eigenvalue weighted by atomic mass is 10.2. The van der Waals surface area contributed by atoms with Crippen LogP contribution in [0.15, 0.2) is 0 Å². The van der Waals surface area contributed by atoms with Crippen molar-refractivity contribution in [2.45, 2.75) is 64.1 Å². The van der Waals surface area contributed by atoms with Gasteiger partial charge >= 0.3 is 6.09 Å². The van der Waals surface area contributed by atoms with E-state index in [1.807, 2.05) is 25.7 Å². The standard InChI is InChI=1S/C15H29N3O2/c1-15(2,3)20-14(19)18(12-6-7-12)11-13-5-4-9-17(13)10-8-16/h12-13H,4-11,16H2,1-3H3/t13-/m0/s1. The Morgan fingerprint density at radius 1 is 1.35 bits per heavy atom. The van der Waals surface area contributed by atoms with Gasteiger partial charge in [0.15, 0.2) is 0 Å². The molecule has 5 heteroatoms. The molecule has 0 aromatic heterocycles. The molecule has 1 amide bonds. The molecule has 0 unspecified atom stereocenters. The van der Waals surface area contributed by atoms with Crippen LogP contribution in [0.5, 0.6) is 0 Å². The van der Waals surface area contributed by atoms with Gasteiger partial charge in [0.05, 0.1) is 0 Å². The van der Waals surface area contributed by atoms with Crippen LogP contribution in [0.3, 0.4) is 0 Å². The van der Waals surface area contributed by atoms with E-state index in [-0.39, 0.29) is 6.09 Å². The van der Waals surface area contributed by atoms with Gasteiger partial charge < -0.3 is 15.4 Å². The minimum atomic E-state index is -0.420. The van der Waals surface area contributed by atoms with Crippen LogP contribution in [0, 0.1) is 0 Å². The Hall–Kier alpha value is -0.810. The van der Waals surface area contributed by atoms with E-state index in [0.29, 0.717) is 18.6 Å². The molecule has 2 rings (SSSR count). The van der Waals surface area contributed by atoms with E-state index in [9.17, 15) is 4.79 Å². The molecule has 1 heterocycles. The van der Waals surface area contributed by atoms with Crippen LogP contribution in [0.4, 0.5) is 4.79 Å². The number of rotatable bonds is 5. The molecule has 0 aromatic carbocycles. The average molecular weight is 283 g/mol. The van der Waals surface area contributed by atoms with Gasteiger partial charge in [0, 0.05) is 31.7 Å². The summed E-state index contributed by atoms with van der Waals surface area (Å²) in [6, 6.07) is 0.844. The van der Waals surface area contributed by atoms with Crippen molar-refractivity contribution in [2.75, 3.05) is 26.2 Å². The predicted octanol–water partition coefficient (Wildman–Crippen LogP) is 1.81. The molecule has 1 aliphatic heterocycles. The highest BCUT2D eigenvalue weighted by atomic mass is 16.6. The fourth-order valence-electron chi connectivity index (χ4n) is 2.87. The molecule has 1 saturated carbocycles. The SMILES string of the molecule is CC(C)(C)OC(=O)N(C[C@@H]1CCCN1CCN)C1CC1. The number of hydrogen-bond donors (Lipinski definition) is 1. The highest BCUT2D eigenvalue weighted by Crippen LogP contribution is 2.30. The quantitative estimate of drug-likeness (QED) is 0.836. The Balaban J connectivity index is 1.93. The summed E-state index contributed by atoms with van der Waals surface area (Å²) in [5.74, 6) is 0. The Labute approximate surface area is 122 Å². The van der Waals surface area contributed by atoms with Gasteiger partial charge in [0.25, 0.3) is 0 Å². The van der Waals surface area contributed by atoms with E-state index >= 15 is 0 Å². The third kappa shape index (κ3) is 4.35. The van der Waals surface area contributed by atoms with Crippen molar-refractivity contribution in [3.63, 3.8) is 0 Å². The topological polar surface area (TPSA) is 58.8 Å². The van der Waals surface area contributed by atoms with E-state index in [1.54, 1.807) is 0 Å². The van der Waals surface area contributed by atoms with Crippen LogP contribution in [-0.2, 0) is 4.74 Å². The average Bonchev–Trinajstić information content (AvgIpc) is 3.07. The summed E-state index contributed by atoms with van der Waals surface area (Å²) in [7, 11) is 0. The van der Waals surface area contributed by atoms with E-state index in [2.05, 4.69) is 4.90 Å². The third-order valence-electron chi connectivity index (χ3n) is 3.94. The molecule has 2 aliphatic rings. The fraction of sp³-hybridized carbons (Fsp3) is 0.933. The van der Waals surface area contributed by atoms with Gasteiger partial charge in [0.2, 0.25) is 0 Å². The molecule has 1 saturated heterocycles. The van der Waals surface area contributed by atoms with E-state index < -0.39 is 5.60 Å². The lowest BCUT2D eigenvalue weighted by molar-refractivity contribution is 0.0187. The normalized spacial score (nSPS) is 23.9. The molecule has 0 bridgehead atoms. The zero-order valence-electron chi connectivity index (χ0n) is 13.1. The lowest BCUT2D eigenvalue weighted by Crippen LogP contribution is -2.46. The first-order valence-electron chi connectivity index (χ1n) is 7.84. The lowest BCUT2D eigenvalue weighted by Gasteiger charge is -2.32. The fourth-order valence-corrected chi connectivity index (χ4v) is 2.87. The van der Waals surface area contributed by atoms with Gasteiger partial charge in [-0.1, -0.05) is 0 Å². The number of carbonyl (C=O) groups is 1. The van der Waals surface area contributed by atoms with Crippen LogP contribution in [0.25, 0.3) is 0 Å². The largest absolute Gasteiger partial charge is 0.444 e. The molecule has 0 radical (unpaired) electrons. The van der Waals surface area contributed by atoms with Crippen LogP contribution >= 0.6 is 0 Å². The molecule has 116 valence electrons. The molecule has 2 fully saturated rings. The van der Waals surface area contributed by atoms with Gasteiger partial charge in [-0.2, -0.15) is 0 Å². The number of likely N-dealkylation sites (tertiary alicyclic amines) is 1. The van der Waals surface area contributed by atoms with Crippen molar-refractivity contribution in [1.82, 2.24) is 9.80 Å². The van der Waals surface area contributed by atoms with Gasteiger partial charge in [0.1, 0.15) is 5.60 Å². The third-order valence-corrected chi connectivity index (χ3v) is 3.94. The van der Waals surface area contributed by atoms with Gasteiger partial charge in [-0.3, -0.25) is 4.90 Å². The molecule has 1 aliphatic carbocycles. The second-order valence-corrected chi connectivity index (χ2v) is 6.98. The Morgan fingerprint density at radius 3 is 2.60 bits per heavy atom. The van der Waals surface area contributed by atoms with Crippen LogP contribution in [-0.4, -0.2) is 59.8 Å². The van der Waals surface area contributed by atoms with Gasteiger partial charge in [-0.25, -0.2) is 4.79 Å². The van der Waals surface area contributed by atoms with Gasteiger partial charge in [-0.05, 0) is 53.0 Å². The summed E-state index contributed by atoms with van der Waals surface area (Å²) in [6.07, 6.45) is 4.44. The minimum absolute atomic E-state index is 0.153. The maximum atomic E-state index is 12.4. The summed E-state index contributed by atoms with van der Waals surface area (Å²) >= 11 is 0. The monoisotopic (exact) mass is 283 g/mol. The second-order valence-electron chi connectivity index (χ2n) is 6.98. The molecule has 1 atom stereocenters. The Bertz CT molecular complexity index is 337. The number of hydrogen-bond acceptors (Lipinski definition) is 4. The zero-order chi connectivity index (χ0) is 14.8. The smallest absolute Gasteiger partial charge is 0.410 e. The molecule has 20 heavy (non-hydrogen) atoms. The van der Waals surface area contributed by atoms with Crippen molar-refractivity contribution in [2.24, 2.45) is 5.73 Å². The van der Waals surface area contributed by atoms with Crippen molar-refractivity contribution in [1.29, 1.82) is 0 Å². The van der Waals surface area contributed by atoms with E-state index in [4.69, 9.17) is 10.5 Å². The van der Waals surface area contributed by atoms with Crippen molar-refractivity contribution in [3.05, 3.63) is 0 Å². The molecule has 2 N–H and O–H groups in total. The maximum Gasteiger partial charge on any atom is 0.410 e. The number of ether oxygens (including phenoxy) is 1. The first-order chi connectivity index (χ1) is 9.40. The molecular formula is C15H29N3O2. The highest BCUT2D eigenvalue weighted by Gasteiger charge is 2.38. The van der Waals surface area contributed by atoms with Crippen molar-refractivity contribution < 1.29 is 9.53 Å². The molecule has 5 nitrogen and oxygen atoms in total. The highest BCUT2D eigenvalue weighted by molar-refractivity contribution is 5.69. The van der Waals surface area contributed by atoms with E-state index in [1.165, 1.54) is 6.42 Å². The second kappa shape index (κ2) is 6.31. The van der Waals surface area contributed by atoms with Crippen molar-refractivity contribution >= 4 is 6.09 Å². The predicted molar refractivity (Wildman–Crippen MR) is 79.6 cm³/mol. The number of carbonyl (C=O) groups excluding carboxylic acids is 1. The maximum absolute atomic E-state index is 12.4. The molecule has 0 aromatic rings. The van der Waals surface area contributed by atoms with E-state index in [0.717, 1.165) is 38.9 Å². The summed E-state index contributed by atoms with van der Waals surface area (Å²) < 4.78 is 5.55.